The van der Waals surface area contributed by atoms with Crippen molar-refractivity contribution in [3.63, 3.8) is 0 Å². The summed E-state index contributed by atoms with van der Waals surface area (Å²) in [6.45, 7) is 4.97. The summed E-state index contributed by atoms with van der Waals surface area (Å²) in [6.07, 6.45) is 4.89. The summed E-state index contributed by atoms with van der Waals surface area (Å²) in [4.78, 5) is 13.4. The molecule has 17 heavy (non-hydrogen) atoms. The van der Waals surface area contributed by atoms with Gasteiger partial charge in [0.1, 0.15) is 0 Å². The van der Waals surface area contributed by atoms with Crippen molar-refractivity contribution in [1.82, 2.24) is 10.2 Å². The van der Waals surface area contributed by atoms with E-state index in [0.717, 1.165) is 32.0 Å². The molecule has 0 bridgehead atoms. The third kappa shape index (κ3) is 3.60. The SMILES string of the molecule is CCC1CC(NCC2CC2)CN(C(=O)OC)C1. The number of hydrogen-bond donors (Lipinski definition) is 1. The summed E-state index contributed by atoms with van der Waals surface area (Å²) in [5.41, 5.74) is 0. The van der Waals surface area contributed by atoms with E-state index in [9.17, 15) is 4.79 Å². The first-order valence-electron chi connectivity index (χ1n) is 6.79. The third-order valence-electron chi connectivity index (χ3n) is 3.94. The van der Waals surface area contributed by atoms with E-state index < -0.39 is 0 Å². The van der Waals surface area contributed by atoms with E-state index in [4.69, 9.17) is 4.74 Å². The predicted molar refractivity (Wildman–Crippen MR) is 66.9 cm³/mol. The van der Waals surface area contributed by atoms with E-state index in [-0.39, 0.29) is 6.09 Å². The molecule has 2 rings (SSSR count). The van der Waals surface area contributed by atoms with Crippen LogP contribution < -0.4 is 5.32 Å². The maximum absolute atomic E-state index is 11.6. The summed E-state index contributed by atoms with van der Waals surface area (Å²) < 4.78 is 4.83. The Labute approximate surface area is 104 Å². The van der Waals surface area contributed by atoms with Crippen LogP contribution in [-0.2, 0) is 4.74 Å². The third-order valence-corrected chi connectivity index (χ3v) is 3.94. The number of likely N-dealkylation sites (tertiary alicyclic amines) is 1. The van der Waals surface area contributed by atoms with Gasteiger partial charge in [-0.15, -0.1) is 0 Å². The molecule has 4 heteroatoms. The van der Waals surface area contributed by atoms with Crippen molar-refractivity contribution in [3.8, 4) is 0 Å². The molecule has 1 N–H and O–H groups in total. The highest BCUT2D eigenvalue weighted by Crippen LogP contribution is 2.28. The smallest absolute Gasteiger partial charge is 0.409 e. The number of ether oxygens (including phenoxy) is 1. The lowest BCUT2D eigenvalue weighted by molar-refractivity contribution is 0.0900. The lowest BCUT2D eigenvalue weighted by Gasteiger charge is -2.37. The summed E-state index contributed by atoms with van der Waals surface area (Å²) in [6, 6.07) is 0.452. The van der Waals surface area contributed by atoms with E-state index in [0.29, 0.717) is 12.0 Å². The predicted octanol–water partition coefficient (Wildman–Crippen LogP) is 1.85. The molecule has 1 heterocycles. The van der Waals surface area contributed by atoms with Gasteiger partial charge in [-0.1, -0.05) is 13.3 Å². The zero-order valence-electron chi connectivity index (χ0n) is 10.9. The van der Waals surface area contributed by atoms with Gasteiger partial charge < -0.3 is 15.0 Å². The van der Waals surface area contributed by atoms with Gasteiger partial charge in [0, 0.05) is 19.1 Å². The highest BCUT2D eigenvalue weighted by Gasteiger charge is 2.30. The number of rotatable bonds is 4. The number of nitrogens with zero attached hydrogens (tertiary/aromatic N) is 1. The molecule has 0 aromatic heterocycles. The fraction of sp³-hybridized carbons (Fsp3) is 0.923. The van der Waals surface area contributed by atoms with Crippen molar-refractivity contribution in [2.75, 3.05) is 26.7 Å². The molecule has 4 nitrogen and oxygen atoms in total. The molecular weight excluding hydrogens is 216 g/mol. The monoisotopic (exact) mass is 240 g/mol. The molecule has 2 unspecified atom stereocenters. The van der Waals surface area contributed by atoms with Gasteiger partial charge in [-0.3, -0.25) is 0 Å². The molecule has 1 aliphatic carbocycles. The van der Waals surface area contributed by atoms with Gasteiger partial charge in [-0.05, 0) is 37.6 Å². The first-order valence-corrected chi connectivity index (χ1v) is 6.79. The maximum Gasteiger partial charge on any atom is 0.409 e. The Morgan fingerprint density at radius 2 is 2.12 bits per heavy atom. The number of methoxy groups -OCH3 is 1. The molecule has 98 valence electrons. The molecule has 1 saturated carbocycles. The molecule has 0 aromatic rings. The van der Waals surface area contributed by atoms with Crippen LogP contribution in [0.4, 0.5) is 4.79 Å². The van der Waals surface area contributed by atoms with E-state index in [1.165, 1.54) is 26.4 Å². The van der Waals surface area contributed by atoms with Crippen molar-refractivity contribution in [3.05, 3.63) is 0 Å². The zero-order valence-corrected chi connectivity index (χ0v) is 10.9. The van der Waals surface area contributed by atoms with Crippen LogP contribution in [0.2, 0.25) is 0 Å². The molecule has 2 atom stereocenters. The Bertz CT molecular complexity index is 266. The van der Waals surface area contributed by atoms with Crippen LogP contribution in [0.1, 0.15) is 32.6 Å². The van der Waals surface area contributed by atoms with Crippen molar-refractivity contribution >= 4 is 6.09 Å². The maximum atomic E-state index is 11.6. The Balaban J connectivity index is 1.84. The van der Waals surface area contributed by atoms with Gasteiger partial charge in [-0.2, -0.15) is 0 Å². The summed E-state index contributed by atoms with van der Waals surface area (Å²) in [5, 5.41) is 3.61. The quantitative estimate of drug-likeness (QED) is 0.815. The molecular formula is C13H24N2O2. The Kier molecular flexibility index (Phi) is 4.26. The standard InChI is InChI=1S/C13H24N2O2/c1-3-10-6-12(14-7-11-4-5-11)9-15(8-10)13(16)17-2/h10-12,14H,3-9H2,1-2H3. The lowest BCUT2D eigenvalue weighted by Crippen LogP contribution is -2.51. The highest BCUT2D eigenvalue weighted by molar-refractivity contribution is 5.67. The van der Waals surface area contributed by atoms with E-state index in [1.54, 1.807) is 0 Å². The zero-order chi connectivity index (χ0) is 12.3. The Morgan fingerprint density at radius 1 is 1.35 bits per heavy atom. The second-order valence-corrected chi connectivity index (χ2v) is 5.43. The normalized spacial score (nSPS) is 29.2. The van der Waals surface area contributed by atoms with Crippen LogP contribution in [0.3, 0.4) is 0 Å². The number of carbonyl (C=O) groups is 1. The van der Waals surface area contributed by atoms with Crippen LogP contribution in [0, 0.1) is 11.8 Å². The second kappa shape index (κ2) is 5.71. The summed E-state index contributed by atoms with van der Waals surface area (Å²) in [5.74, 6) is 1.50. The number of piperidine rings is 1. The minimum atomic E-state index is -0.179. The summed E-state index contributed by atoms with van der Waals surface area (Å²) in [7, 11) is 1.46. The van der Waals surface area contributed by atoms with Gasteiger partial charge in [0.05, 0.1) is 7.11 Å². The minimum absolute atomic E-state index is 0.179. The molecule has 1 aliphatic heterocycles. The average Bonchev–Trinajstić information content (AvgIpc) is 3.19. The molecule has 0 aromatic carbocycles. The van der Waals surface area contributed by atoms with Crippen molar-refractivity contribution in [1.29, 1.82) is 0 Å². The van der Waals surface area contributed by atoms with E-state index in [1.807, 2.05) is 4.90 Å². The van der Waals surface area contributed by atoms with E-state index >= 15 is 0 Å². The fourth-order valence-electron chi connectivity index (χ4n) is 2.58. The fourth-order valence-corrected chi connectivity index (χ4v) is 2.58. The van der Waals surface area contributed by atoms with Crippen LogP contribution in [0.15, 0.2) is 0 Å². The molecule has 2 aliphatic rings. The molecule has 1 saturated heterocycles. The first kappa shape index (κ1) is 12.7. The topological polar surface area (TPSA) is 41.6 Å². The van der Waals surface area contributed by atoms with Gasteiger partial charge in [-0.25, -0.2) is 4.79 Å². The highest BCUT2D eigenvalue weighted by atomic mass is 16.5. The van der Waals surface area contributed by atoms with Gasteiger partial charge >= 0.3 is 6.09 Å². The number of amides is 1. The molecule has 0 radical (unpaired) electrons. The van der Waals surface area contributed by atoms with Crippen LogP contribution in [-0.4, -0.2) is 43.8 Å². The van der Waals surface area contributed by atoms with Gasteiger partial charge in [0.25, 0.3) is 0 Å². The van der Waals surface area contributed by atoms with Gasteiger partial charge in [0.2, 0.25) is 0 Å². The molecule has 0 spiro atoms. The number of hydrogen-bond acceptors (Lipinski definition) is 3. The second-order valence-electron chi connectivity index (χ2n) is 5.43. The van der Waals surface area contributed by atoms with Crippen LogP contribution in [0.5, 0.6) is 0 Å². The largest absolute Gasteiger partial charge is 0.453 e. The first-order chi connectivity index (χ1) is 8.22. The molecule has 1 amide bonds. The van der Waals surface area contributed by atoms with E-state index in [2.05, 4.69) is 12.2 Å². The van der Waals surface area contributed by atoms with Crippen LogP contribution >= 0.6 is 0 Å². The van der Waals surface area contributed by atoms with Crippen molar-refractivity contribution in [2.24, 2.45) is 11.8 Å². The summed E-state index contributed by atoms with van der Waals surface area (Å²) >= 11 is 0. The Morgan fingerprint density at radius 3 is 2.71 bits per heavy atom. The van der Waals surface area contributed by atoms with Crippen molar-refractivity contribution < 1.29 is 9.53 Å². The van der Waals surface area contributed by atoms with Crippen molar-refractivity contribution in [2.45, 2.75) is 38.6 Å². The minimum Gasteiger partial charge on any atom is -0.453 e. The van der Waals surface area contributed by atoms with Gasteiger partial charge in [0.15, 0.2) is 0 Å². The van der Waals surface area contributed by atoms with Crippen LogP contribution in [0.25, 0.3) is 0 Å². The molecule has 2 fully saturated rings. The number of nitrogens with one attached hydrogen (secondary N) is 1. The average molecular weight is 240 g/mol. The lowest BCUT2D eigenvalue weighted by atomic mass is 9.92. The number of carbonyl (C=O) groups excluding carboxylic acids is 1. The Hall–Kier alpha value is -0.770.